The summed E-state index contributed by atoms with van der Waals surface area (Å²) in [5.74, 6) is -0.320. The minimum absolute atomic E-state index is 0.170. The minimum Gasteiger partial charge on any atom is -0.780 e. The van der Waals surface area contributed by atoms with Crippen LogP contribution in [0, 0.1) is 0 Å². The molecule has 0 saturated heterocycles. The van der Waals surface area contributed by atoms with E-state index in [1.165, 1.54) is 156 Å². The predicted molar refractivity (Wildman–Crippen MR) is 336 cm³/mol. The van der Waals surface area contributed by atoms with E-state index < -0.39 is 26.2 Å². The largest absolute Gasteiger partial charge is 0.780 e. The lowest BCUT2D eigenvalue weighted by atomic mass is 10.1. The normalized spacial score (nSPS) is 13.3. The monoisotopic (exact) mass is 1240 g/mol. The first-order chi connectivity index (χ1) is 37.9. The van der Waals surface area contributed by atoms with Gasteiger partial charge in [0.15, 0.2) is 6.80 Å². The molecule has 0 aliphatic heterocycles. The second-order valence-electron chi connectivity index (χ2n) is 20.2. The zero-order valence-electron chi connectivity index (χ0n) is 50.9. The number of carbonyl (C=O) groups is 3. The van der Waals surface area contributed by atoms with Crippen LogP contribution in [0.4, 0.5) is 0 Å². The molecular formula is C57H119N3O13P3S3-3. The van der Waals surface area contributed by atoms with Crippen molar-refractivity contribution in [1.82, 2.24) is 10.6 Å². The zero-order chi connectivity index (χ0) is 59.8. The summed E-state index contributed by atoms with van der Waals surface area (Å²) in [5, 5.41) is 14.4. The van der Waals surface area contributed by atoms with Gasteiger partial charge in [-0.25, -0.2) is 0 Å². The maximum atomic E-state index is 11.7. The third-order valence-electron chi connectivity index (χ3n) is 12.8. The predicted octanol–water partition coefficient (Wildman–Crippen LogP) is 15.5. The van der Waals surface area contributed by atoms with Crippen LogP contribution < -0.4 is 26.2 Å². The van der Waals surface area contributed by atoms with Crippen LogP contribution in [0.25, 0.3) is 0 Å². The number of carbonyl (C=O) groups excluding carboxylic acids is 2. The summed E-state index contributed by atoms with van der Waals surface area (Å²) < 4.78 is 39.8. The number of unbranched alkanes of at least 4 members (excludes halogenated alkanes) is 33. The highest BCUT2D eigenvalue weighted by Crippen LogP contribution is 2.44. The van der Waals surface area contributed by atoms with Crippen molar-refractivity contribution in [2.75, 3.05) is 60.8 Å². The van der Waals surface area contributed by atoms with E-state index in [4.69, 9.17) is 24.4 Å². The van der Waals surface area contributed by atoms with E-state index in [1.807, 2.05) is 0 Å². The Bertz CT molecular complexity index is 1400. The number of nitrogens with one attached hydrogen (secondary N) is 2. The Morgan fingerprint density at radius 1 is 0.430 bits per heavy atom. The van der Waals surface area contributed by atoms with Gasteiger partial charge in [-0.05, 0) is 64.3 Å². The van der Waals surface area contributed by atoms with E-state index in [1.54, 1.807) is 0 Å². The Hall–Kier alpha value is -0.0700. The Morgan fingerprint density at radius 2 is 0.696 bits per heavy atom. The van der Waals surface area contributed by atoms with Crippen molar-refractivity contribution in [2.45, 2.75) is 290 Å². The lowest BCUT2D eigenvalue weighted by Gasteiger charge is -2.24. The first-order valence-electron chi connectivity index (χ1n) is 30.9. The molecular weight excluding hydrogens is 1120 g/mol. The van der Waals surface area contributed by atoms with Crippen LogP contribution in [0.2, 0.25) is 0 Å². The Labute approximate surface area is 499 Å². The van der Waals surface area contributed by atoms with Gasteiger partial charge in [-0.1, -0.05) is 237 Å². The average molecular weight is 1240 g/mol. The van der Waals surface area contributed by atoms with Crippen molar-refractivity contribution in [3.63, 3.8) is 0 Å². The Kier molecular flexibility index (Phi) is 72.5. The molecule has 22 heteroatoms. The SMILES string of the molecule is CCCCCCCCCCCC(=O)NCCCCCCOP(=O)([S-])OC.CCCCCCCCCCCC(=O)NCCCCCCOP([O-])(=S)OC.CCCCCCCCCCCC(=O)O.COP([O-])(=S)OCCCCCCN. The number of amides is 2. The molecule has 3 unspecified atom stereocenters. The lowest BCUT2D eigenvalue weighted by Crippen LogP contribution is -2.23. The molecule has 16 nitrogen and oxygen atoms in total. The van der Waals surface area contributed by atoms with E-state index in [9.17, 15) is 28.7 Å². The fourth-order valence-corrected chi connectivity index (χ4v) is 9.91. The van der Waals surface area contributed by atoms with Gasteiger partial charge in [-0.15, -0.1) is 0 Å². The highest BCUT2D eigenvalue weighted by atomic mass is 32.7. The van der Waals surface area contributed by atoms with Gasteiger partial charge in [0.25, 0.3) is 0 Å². The van der Waals surface area contributed by atoms with Crippen LogP contribution in [-0.4, -0.2) is 83.7 Å². The first-order valence-corrected chi connectivity index (χ1v) is 38.6. The highest BCUT2D eigenvalue weighted by Gasteiger charge is 2.06. The fourth-order valence-electron chi connectivity index (χ4n) is 7.86. The Balaban J connectivity index is -0.000000497. The van der Waals surface area contributed by atoms with Gasteiger partial charge in [0.05, 0.1) is 19.8 Å². The lowest BCUT2D eigenvalue weighted by molar-refractivity contribution is -0.205. The van der Waals surface area contributed by atoms with E-state index in [0.717, 1.165) is 135 Å². The molecule has 0 aromatic heterocycles. The summed E-state index contributed by atoms with van der Waals surface area (Å²) in [6.07, 6.45) is 47.1. The topological polar surface area (TPSA) is 240 Å². The van der Waals surface area contributed by atoms with Crippen LogP contribution in [0.3, 0.4) is 0 Å². The summed E-state index contributed by atoms with van der Waals surface area (Å²) in [6, 6.07) is 0. The molecule has 0 rings (SSSR count). The van der Waals surface area contributed by atoms with Crippen molar-refractivity contribution in [3.8, 4) is 0 Å². The molecule has 0 aliphatic rings. The van der Waals surface area contributed by atoms with Crippen molar-refractivity contribution in [3.05, 3.63) is 0 Å². The molecule has 0 aromatic carbocycles. The van der Waals surface area contributed by atoms with Gasteiger partial charge in [0.2, 0.25) is 11.8 Å². The molecule has 476 valence electrons. The molecule has 0 bridgehead atoms. The van der Waals surface area contributed by atoms with Crippen LogP contribution in [-0.2, 0) is 82.0 Å². The van der Waals surface area contributed by atoms with Crippen LogP contribution >= 0.6 is 20.2 Å². The molecule has 0 aliphatic carbocycles. The zero-order valence-corrected chi connectivity index (χ0v) is 56.1. The molecule has 2 amide bonds. The van der Waals surface area contributed by atoms with Crippen molar-refractivity contribution >= 4 is 73.9 Å². The standard InChI is InChI=1S/2C19H40NO4PS.C12H24O2.C7H18NO3PS/c2*1-3-4-5-6-7-8-9-10-13-16-19(21)20-17-14-11-12-15-18-24-25(22,26)23-2;1-2-3-4-5-6-7-8-9-10-11-12(13)14;1-10-12(9,13)11-7-5-3-2-4-6-8/h2*3-18H2,1-2H3,(H,20,21)(H,22,26);2-11H2,1H3,(H,13,14);2-8H2,1H3,(H,9,13)/p-3. The second kappa shape index (κ2) is 67.1. The summed E-state index contributed by atoms with van der Waals surface area (Å²) in [6.45, 7) is 0.355. The summed E-state index contributed by atoms with van der Waals surface area (Å²) in [4.78, 5) is 56.0. The minimum atomic E-state index is -3.25. The van der Waals surface area contributed by atoms with Crippen LogP contribution in [0.5, 0.6) is 0 Å². The molecule has 0 fully saturated rings. The molecule has 0 aromatic rings. The van der Waals surface area contributed by atoms with Crippen molar-refractivity contribution < 1.29 is 61.0 Å². The third-order valence-corrected chi connectivity index (χ3v) is 17.9. The molecule has 0 radical (unpaired) electrons. The maximum Gasteiger partial charge on any atom is 0.303 e. The van der Waals surface area contributed by atoms with Crippen molar-refractivity contribution in [2.24, 2.45) is 5.73 Å². The van der Waals surface area contributed by atoms with E-state index >= 15 is 0 Å². The van der Waals surface area contributed by atoms with E-state index in [0.29, 0.717) is 39.1 Å². The number of carboxylic acid groups (broad SMARTS) is 1. The average Bonchev–Trinajstić information content (AvgIpc) is 3.42. The van der Waals surface area contributed by atoms with Gasteiger partial charge < -0.3 is 70.7 Å². The molecule has 79 heavy (non-hydrogen) atoms. The van der Waals surface area contributed by atoms with Gasteiger partial charge in [-0.2, -0.15) is 0 Å². The quantitative estimate of drug-likeness (QED) is 0.0251. The van der Waals surface area contributed by atoms with Crippen LogP contribution in [0.1, 0.15) is 290 Å². The van der Waals surface area contributed by atoms with Gasteiger partial charge in [-0.3, -0.25) is 18.9 Å². The van der Waals surface area contributed by atoms with Crippen LogP contribution in [0.15, 0.2) is 0 Å². The fraction of sp³-hybridized carbons (Fsp3) is 0.947. The molecule has 5 N–H and O–H groups in total. The second-order valence-corrected chi connectivity index (χ2v) is 28.8. The Morgan fingerprint density at radius 3 is 0.987 bits per heavy atom. The number of hydrogen-bond acceptors (Lipinski definition) is 16. The van der Waals surface area contributed by atoms with Gasteiger partial charge in [0.1, 0.15) is 13.4 Å². The smallest absolute Gasteiger partial charge is 0.303 e. The van der Waals surface area contributed by atoms with E-state index in [2.05, 4.69) is 80.8 Å². The van der Waals surface area contributed by atoms with Gasteiger partial charge in [0, 0.05) is 53.7 Å². The number of carboxylic acids is 1. The number of rotatable bonds is 56. The number of aliphatic carboxylic acids is 1. The highest BCUT2D eigenvalue weighted by molar-refractivity contribution is 8.32. The number of nitrogens with two attached hydrogens (primary N) is 1. The van der Waals surface area contributed by atoms with Crippen molar-refractivity contribution in [1.29, 1.82) is 0 Å². The molecule has 0 heterocycles. The molecule has 0 saturated carbocycles. The van der Waals surface area contributed by atoms with Gasteiger partial charge >= 0.3 is 5.97 Å². The summed E-state index contributed by atoms with van der Waals surface area (Å²) in [5.41, 5.74) is 5.32. The maximum absolute atomic E-state index is 11.7. The number of hydrogen-bond donors (Lipinski definition) is 4. The summed E-state index contributed by atoms with van der Waals surface area (Å²) >= 11 is 13.8. The van der Waals surface area contributed by atoms with E-state index in [-0.39, 0.29) is 11.8 Å². The third kappa shape index (κ3) is 80.0. The molecule has 3 atom stereocenters. The summed E-state index contributed by atoms with van der Waals surface area (Å²) in [7, 11) is 3.89. The first kappa shape index (κ1) is 85.4. The molecule has 0 spiro atoms.